The molecule has 0 radical (unpaired) electrons. The summed E-state index contributed by atoms with van der Waals surface area (Å²) in [5.74, 6) is 3.80. The number of hydrogen-bond donors (Lipinski definition) is 0. The first-order valence-corrected chi connectivity index (χ1v) is 26.1. The molecule has 4 heterocycles. The molecular formula is C70H44N6O2. The molecular weight excluding hydrogens is 957 g/mol. The second-order valence-electron chi connectivity index (χ2n) is 19.9. The van der Waals surface area contributed by atoms with Crippen LogP contribution in [-0.2, 0) is 5.60 Å². The summed E-state index contributed by atoms with van der Waals surface area (Å²) in [5.41, 5.74) is 11.3. The maximum absolute atomic E-state index is 7.35. The number of furan rings is 1. The number of aromatic nitrogens is 6. The molecule has 0 spiro atoms. The number of rotatable bonds is 8. The molecule has 1 aliphatic heterocycles. The third-order valence-corrected chi connectivity index (χ3v) is 15.1. The summed E-state index contributed by atoms with van der Waals surface area (Å²) >= 11 is 0. The molecule has 0 N–H and O–H groups in total. The van der Waals surface area contributed by atoms with Crippen LogP contribution in [0.15, 0.2) is 253 Å². The van der Waals surface area contributed by atoms with Gasteiger partial charge < -0.3 is 9.15 Å². The molecule has 0 fully saturated rings. The van der Waals surface area contributed by atoms with Gasteiger partial charge in [-0.3, -0.25) is 0 Å². The lowest BCUT2D eigenvalue weighted by molar-refractivity contribution is 0.129. The summed E-state index contributed by atoms with van der Waals surface area (Å²) in [6.45, 7) is 2.16. The number of benzene rings is 11. The van der Waals surface area contributed by atoms with Crippen molar-refractivity contribution in [1.29, 1.82) is 0 Å². The van der Waals surface area contributed by atoms with Gasteiger partial charge in [-0.1, -0.05) is 218 Å². The van der Waals surface area contributed by atoms with Crippen molar-refractivity contribution in [3.63, 3.8) is 0 Å². The summed E-state index contributed by atoms with van der Waals surface area (Å²) in [6, 6.07) is 85.3. The first kappa shape index (κ1) is 45.0. The standard InChI is InChI=1S/C70H44N6O2/c1-70(52-27-9-4-10-28-52)58-31-17-15-29-53(58)54-38-37-49(41-60(54)78-70)56-42-57(68-73-66(50-35-33-43-19-11-13-25-47(43)39-50)72-67(74-68)51-36-34-44-20-12-14-26-48(44)40-51)63-61(55-30-16-18-32-59(55)77-63)62(56)69-75-64(45-21-5-2-6-22-45)71-65(76-69)46-23-7-3-8-24-46/h2-42H,1H3. The molecule has 0 saturated carbocycles. The molecule has 0 amide bonds. The third kappa shape index (κ3) is 7.60. The van der Waals surface area contributed by atoms with E-state index in [1.165, 1.54) is 0 Å². The van der Waals surface area contributed by atoms with E-state index in [4.69, 9.17) is 39.1 Å². The van der Waals surface area contributed by atoms with Crippen LogP contribution >= 0.6 is 0 Å². The lowest BCUT2D eigenvalue weighted by Gasteiger charge is -2.38. The molecule has 14 aromatic rings. The Morgan fingerprint density at radius 1 is 0.333 bits per heavy atom. The number of nitrogens with zero attached hydrogens (tertiary/aromatic N) is 6. The minimum Gasteiger partial charge on any atom is -0.477 e. The molecule has 3 aromatic heterocycles. The van der Waals surface area contributed by atoms with Gasteiger partial charge in [0.1, 0.15) is 16.9 Å². The molecule has 78 heavy (non-hydrogen) atoms. The van der Waals surface area contributed by atoms with Crippen molar-refractivity contribution in [2.75, 3.05) is 0 Å². The van der Waals surface area contributed by atoms with Crippen LogP contribution in [-0.4, -0.2) is 29.9 Å². The van der Waals surface area contributed by atoms with Crippen molar-refractivity contribution >= 4 is 43.5 Å². The molecule has 15 rings (SSSR count). The van der Waals surface area contributed by atoms with Gasteiger partial charge in [-0.15, -0.1) is 0 Å². The SMILES string of the molecule is CC1(c2ccccc2)Oc2cc(-c3cc(-c4nc(-c5ccc6ccccc6c5)nc(-c5ccc6ccccc6c5)n4)c4oc5ccccc5c4c3-c3nc(-c4ccccc4)nc(-c4ccccc4)n3)ccc2-c2ccccc21. The van der Waals surface area contributed by atoms with Gasteiger partial charge in [0.05, 0.1) is 5.56 Å². The monoisotopic (exact) mass is 1000 g/mol. The summed E-state index contributed by atoms with van der Waals surface area (Å²) < 4.78 is 14.5. The van der Waals surface area contributed by atoms with Crippen LogP contribution in [0.25, 0.3) is 134 Å². The predicted molar refractivity (Wildman–Crippen MR) is 313 cm³/mol. The van der Waals surface area contributed by atoms with Gasteiger partial charge in [-0.2, -0.15) is 0 Å². The van der Waals surface area contributed by atoms with Gasteiger partial charge >= 0.3 is 0 Å². The third-order valence-electron chi connectivity index (χ3n) is 15.1. The van der Waals surface area contributed by atoms with Gasteiger partial charge in [0.15, 0.2) is 40.5 Å². The van der Waals surface area contributed by atoms with Gasteiger partial charge in [0, 0.05) is 49.7 Å². The molecule has 366 valence electrons. The van der Waals surface area contributed by atoms with E-state index in [2.05, 4.69) is 171 Å². The quantitative estimate of drug-likeness (QED) is 0.148. The van der Waals surface area contributed by atoms with E-state index in [0.717, 1.165) is 99.3 Å². The fraction of sp³-hybridized carbons (Fsp3) is 0.0286. The Bertz CT molecular complexity index is 4520. The van der Waals surface area contributed by atoms with Crippen molar-refractivity contribution < 1.29 is 9.15 Å². The summed E-state index contributed by atoms with van der Waals surface area (Å²) in [5, 5.41) is 6.10. The highest BCUT2D eigenvalue weighted by atomic mass is 16.5. The molecule has 8 nitrogen and oxygen atoms in total. The zero-order valence-corrected chi connectivity index (χ0v) is 42.2. The van der Waals surface area contributed by atoms with Crippen LogP contribution < -0.4 is 4.74 Å². The first-order valence-electron chi connectivity index (χ1n) is 26.1. The maximum atomic E-state index is 7.35. The maximum Gasteiger partial charge on any atom is 0.167 e. The zero-order chi connectivity index (χ0) is 51.7. The summed E-state index contributed by atoms with van der Waals surface area (Å²) in [6.07, 6.45) is 0. The average molecular weight is 1000 g/mol. The topological polar surface area (TPSA) is 99.7 Å². The van der Waals surface area contributed by atoms with E-state index in [1.807, 2.05) is 84.9 Å². The Labute approximate surface area is 449 Å². The predicted octanol–water partition coefficient (Wildman–Crippen LogP) is 17.3. The Morgan fingerprint density at radius 3 is 1.47 bits per heavy atom. The van der Waals surface area contributed by atoms with Crippen LogP contribution in [0.1, 0.15) is 18.1 Å². The Kier molecular flexibility index (Phi) is 10.5. The number of para-hydroxylation sites is 1. The van der Waals surface area contributed by atoms with Crippen LogP contribution in [0.5, 0.6) is 5.75 Å². The fourth-order valence-corrected chi connectivity index (χ4v) is 11.2. The minimum atomic E-state index is -0.797. The highest BCUT2D eigenvalue weighted by molar-refractivity contribution is 6.19. The summed E-state index contributed by atoms with van der Waals surface area (Å²) in [4.78, 5) is 32.1. The fourth-order valence-electron chi connectivity index (χ4n) is 11.2. The largest absolute Gasteiger partial charge is 0.477 e. The van der Waals surface area contributed by atoms with Crippen molar-refractivity contribution in [2.24, 2.45) is 0 Å². The number of hydrogen-bond acceptors (Lipinski definition) is 8. The highest BCUT2D eigenvalue weighted by Gasteiger charge is 2.39. The van der Waals surface area contributed by atoms with E-state index in [0.29, 0.717) is 51.7 Å². The Hall–Kier alpha value is -10.4. The van der Waals surface area contributed by atoms with E-state index in [9.17, 15) is 0 Å². The van der Waals surface area contributed by atoms with E-state index in [1.54, 1.807) is 0 Å². The molecule has 0 bridgehead atoms. The van der Waals surface area contributed by atoms with Gasteiger partial charge in [0.25, 0.3) is 0 Å². The van der Waals surface area contributed by atoms with Gasteiger partial charge in [0.2, 0.25) is 0 Å². The van der Waals surface area contributed by atoms with E-state index < -0.39 is 5.60 Å². The number of fused-ring (bicyclic) bond motifs is 8. The van der Waals surface area contributed by atoms with Crippen molar-refractivity contribution in [1.82, 2.24) is 29.9 Å². The second-order valence-corrected chi connectivity index (χ2v) is 19.9. The molecule has 1 atom stereocenters. The van der Waals surface area contributed by atoms with Crippen LogP contribution in [0.3, 0.4) is 0 Å². The zero-order valence-electron chi connectivity index (χ0n) is 42.2. The second kappa shape index (κ2) is 18.1. The Morgan fingerprint density at radius 2 is 0.833 bits per heavy atom. The highest BCUT2D eigenvalue weighted by Crippen LogP contribution is 2.52. The molecule has 1 aliphatic rings. The number of ether oxygens (including phenoxy) is 1. The van der Waals surface area contributed by atoms with E-state index in [-0.39, 0.29) is 0 Å². The Balaban J connectivity index is 1.05. The van der Waals surface area contributed by atoms with Crippen molar-refractivity contribution in [3.05, 3.63) is 260 Å². The molecule has 8 heteroatoms. The van der Waals surface area contributed by atoms with Gasteiger partial charge in [-0.05, 0) is 81.1 Å². The molecule has 1 unspecified atom stereocenters. The first-order chi connectivity index (χ1) is 38.5. The summed E-state index contributed by atoms with van der Waals surface area (Å²) in [7, 11) is 0. The molecule has 0 saturated heterocycles. The van der Waals surface area contributed by atoms with E-state index >= 15 is 0 Å². The van der Waals surface area contributed by atoms with Crippen LogP contribution in [0, 0.1) is 0 Å². The normalized spacial score (nSPS) is 13.9. The lowest BCUT2D eigenvalue weighted by Crippen LogP contribution is -2.34. The molecule has 11 aromatic carbocycles. The van der Waals surface area contributed by atoms with Crippen LogP contribution in [0.4, 0.5) is 0 Å². The average Bonchev–Trinajstić information content (AvgIpc) is 4.11. The lowest BCUT2D eigenvalue weighted by atomic mass is 9.80. The minimum absolute atomic E-state index is 0.443. The van der Waals surface area contributed by atoms with Crippen molar-refractivity contribution in [2.45, 2.75) is 12.5 Å². The smallest absolute Gasteiger partial charge is 0.167 e. The molecule has 0 aliphatic carbocycles. The van der Waals surface area contributed by atoms with Gasteiger partial charge in [-0.25, -0.2) is 29.9 Å². The van der Waals surface area contributed by atoms with Crippen LogP contribution in [0.2, 0.25) is 0 Å². The van der Waals surface area contributed by atoms with Crippen molar-refractivity contribution in [3.8, 4) is 96.3 Å².